The van der Waals surface area contributed by atoms with Crippen LogP contribution in [0.5, 0.6) is 0 Å². The minimum atomic E-state index is -3.48. The van der Waals surface area contributed by atoms with Crippen LogP contribution >= 0.6 is 0 Å². The fourth-order valence-electron chi connectivity index (χ4n) is 1.97. The molecule has 1 N–H and O–H groups in total. The van der Waals surface area contributed by atoms with Crippen LogP contribution in [0.3, 0.4) is 0 Å². The van der Waals surface area contributed by atoms with Gasteiger partial charge in [0.25, 0.3) is 0 Å². The van der Waals surface area contributed by atoms with E-state index in [1.807, 2.05) is 6.07 Å². The van der Waals surface area contributed by atoms with Crippen molar-refractivity contribution in [1.82, 2.24) is 10.3 Å². The van der Waals surface area contributed by atoms with Gasteiger partial charge in [0, 0.05) is 6.20 Å². The van der Waals surface area contributed by atoms with Crippen molar-refractivity contribution < 1.29 is 8.42 Å². The molecule has 0 bridgehead atoms. The maximum Gasteiger partial charge on any atom is 0.199 e. The lowest BCUT2D eigenvalue weighted by Gasteiger charge is -2.22. The quantitative estimate of drug-likeness (QED) is 0.826. The van der Waals surface area contributed by atoms with Gasteiger partial charge in [-0.3, -0.25) is 0 Å². The molecule has 1 aliphatic heterocycles. The van der Waals surface area contributed by atoms with Gasteiger partial charge in [0.05, 0.1) is 10.8 Å². The van der Waals surface area contributed by atoms with Gasteiger partial charge in [-0.05, 0) is 38.1 Å². The van der Waals surface area contributed by atoms with Crippen LogP contribution in [0.1, 0.15) is 18.4 Å². The zero-order valence-corrected chi connectivity index (χ0v) is 10.1. The molecule has 0 aromatic carbocycles. The third kappa shape index (κ3) is 2.30. The molecule has 17 heavy (non-hydrogen) atoms. The Labute approximate surface area is 100 Å². The Balaban J connectivity index is 2.41. The van der Waals surface area contributed by atoms with Crippen molar-refractivity contribution in [1.29, 1.82) is 5.26 Å². The van der Waals surface area contributed by atoms with Gasteiger partial charge >= 0.3 is 0 Å². The van der Waals surface area contributed by atoms with E-state index < -0.39 is 15.1 Å². The number of rotatable bonds is 2. The molecule has 90 valence electrons. The van der Waals surface area contributed by atoms with Crippen LogP contribution in [0.25, 0.3) is 0 Å². The highest BCUT2D eigenvalue weighted by molar-refractivity contribution is 7.92. The van der Waals surface area contributed by atoms with Crippen LogP contribution in [0, 0.1) is 11.3 Å². The van der Waals surface area contributed by atoms with E-state index >= 15 is 0 Å². The van der Waals surface area contributed by atoms with Crippen molar-refractivity contribution in [2.24, 2.45) is 0 Å². The SMILES string of the molecule is N#Cc1cccnc1S(=O)(=O)C1CCNCC1. The zero-order chi connectivity index (χ0) is 12.3. The number of hydrogen-bond donors (Lipinski definition) is 1. The summed E-state index contributed by atoms with van der Waals surface area (Å²) in [7, 11) is -3.48. The summed E-state index contributed by atoms with van der Waals surface area (Å²) in [5.74, 6) is 0. The van der Waals surface area contributed by atoms with Crippen molar-refractivity contribution in [2.45, 2.75) is 23.1 Å². The van der Waals surface area contributed by atoms with Gasteiger partial charge in [0.15, 0.2) is 14.9 Å². The molecule has 0 radical (unpaired) electrons. The van der Waals surface area contributed by atoms with E-state index in [0.29, 0.717) is 25.9 Å². The molecule has 0 aliphatic carbocycles. The van der Waals surface area contributed by atoms with Crippen LogP contribution in [0.15, 0.2) is 23.4 Å². The summed E-state index contributed by atoms with van der Waals surface area (Å²) in [6.07, 6.45) is 2.56. The second kappa shape index (κ2) is 4.82. The molecule has 5 nitrogen and oxygen atoms in total. The Morgan fingerprint density at radius 2 is 2.12 bits per heavy atom. The number of sulfone groups is 1. The smallest absolute Gasteiger partial charge is 0.199 e. The lowest BCUT2D eigenvalue weighted by atomic mass is 10.2. The maximum absolute atomic E-state index is 12.3. The number of nitrogens with zero attached hydrogens (tertiary/aromatic N) is 2. The summed E-state index contributed by atoms with van der Waals surface area (Å²) in [5.41, 5.74) is 0.131. The van der Waals surface area contributed by atoms with Crippen molar-refractivity contribution in [2.75, 3.05) is 13.1 Å². The Morgan fingerprint density at radius 1 is 1.41 bits per heavy atom. The van der Waals surface area contributed by atoms with E-state index in [1.54, 1.807) is 6.07 Å². The zero-order valence-electron chi connectivity index (χ0n) is 9.26. The van der Waals surface area contributed by atoms with Crippen molar-refractivity contribution >= 4 is 9.84 Å². The van der Waals surface area contributed by atoms with Crippen LogP contribution in [-0.4, -0.2) is 31.7 Å². The Hall–Kier alpha value is -1.45. The van der Waals surface area contributed by atoms with E-state index in [0.717, 1.165) is 0 Å². The summed E-state index contributed by atoms with van der Waals surface area (Å²) >= 11 is 0. The van der Waals surface area contributed by atoms with Gasteiger partial charge < -0.3 is 5.32 Å². The topological polar surface area (TPSA) is 82.8 Å². The monoisotopic (exact) mass is 251 g/mol. The summed E-state index contributed by atoms with van der Waals surface area (Å²) in [5, 5.41) is 11.5. The predicted molar refractivity (Wildman–Crippen MR) is 62.0 cm³/mol. The molecule has 2 rings (SSSR count). The molecule has 2 heterocycles. The summed E-state index contributed by atoms with van der Waals surface area (Å²) in [4.78, 5) is 3.87. The second-order valence-electron chi connectivity index (χ2n) is 3.96. The largest absolute Gasteiger partial charge is 0.317 e. The first-order valence-electron chi connectivity index (χ1n) is 5.46. The van der Waals surface area contributed by atoms with E-state index in [4.69, 9.17) is 5.26 Å². The third-order valence-corrected chi connectivity index (χ3v) is 5.10. The molecule has 0 spiro atoms. The van der Waals surface area contributed by atoms with Gasteiger partial charge in [0.2, 0.25) is 0 Å². The molecular formula is C11H13N3O2S. The molecule has 1 aromatic rings. The van der Waals surface area contributed by atoms with Gasteiger partial charge in [-0.1, -0.05) is 0 Å². The summed E-state index contributed by atoms with van der Waals surface area (Å²) in [6.45, 7) is 1.39. The lowest BCUT2D eigenvalue weighted by Crippen LogP contribution is -2.36. The lowest BCUT2D eigenvalue weighted by molar-refractivity contribution is 0.494. The number of hydrogen-bond acceptors (Lipinski definition) is 5. The van der Waals surface area contributed by atoms with E-state index in [-0.39, 0.29) is 10.6 Å². The van der Waals surface area contributed by atoms with Gasteiger partial charge in [0.1, 0.15) is 6.07 Å². The Morgan fingerprint density at radius 3 is 2.76 bits per heavy atom. The highest BCUT2D eigenvalue weighted by Gasteiger charge is 2.31. The summed E-state index contributed by atoms with van der Waals surface area (Å²) < 4.78 is 24.7. The van der Waals surface area contributed by atoms with Crippen molar-refractivity contribution in [3.63, 3.8) is 0 Å². The maximum atomic E-state index is 12.3. The van der Waals surface area contributed by atoms with Gasteiger partial charge in [-0.15, -0.1) is 0 Å². The number of nitrogens with one attached hydrogen (secondary N) is 1. The van der Waals surface area contributed by atoms with Crippen LogP contribution < -0.4 is 5.32 Å². The highest BCUT2D eigenvalue weighted by Crippen LogP contribution is 2.22. The normalized spacial score (nSPS) is 17.6. The minimum Gasteiger partial charge on any atom is -0.317 e. The van der Waals surface area contributed by atoms with Crippen molar-refractivity contribution in [3.05, 3.63) is 23.9 Å². The molecule has 0 amide bonds. The van der Waals surface area contributed by atoms with Gasteiger partial charge in [-0.2, -0.15) is 5.26 Å². The Kier molecular flexibility index (Phi) is 3.41. The minimum absolute atomic E-state index is 0.0746. The van der Waals surface area contributed by atoms with E-state index in [1.165, 1.54) is 12.3 Å². The van der Waals surface area contributed by atoms with Crippen LogP contribution in [0.4, 0.5) is 0 Å². The van der Waals surface area contributed by atoms with Crippen LogP contribution in [-0.2, 0) is 9.84 Å². The standard InChI is InChI=1S/C11H13N3O2S/c12-8-9-2-1-5-14-11(9)17(15,16)10-3-6-13-7-4-10/h1-2,5,10,13H,3-4,6-7H2. The van der Waals surface area contributed by atoms with Crippen molar-refractivity contribution in [3.8, 4) is 6.07 Å². The highest BCUT2D eigenvalue weighted by atomic mass is 32.2. The first kappa shape index (κ1) is 12.0. The first-order valence-corrected chi connectivity index (χ1v) is 7.00. The number of pyridine rings is 1. The molecule has 6 heteroatoms. The number of aromatic nitrogens is 1. The summed E-state index contributed by atoms with van der Waals surface area (Å²) in [6, 6.07) is 4.94. The molecular weight excluding hydrogens is 238 g/mol. The Bertz CT molecular complexity index is 542. The van der Waals surface area contributed by atoms with Crippen LogP contribution in [0.2, 0.25) is 0 Å². The van der Waals surface area contributed by atoms with E-state index in [2.05, 4.69) is 10.3 Å². The molecule has 1 fully saturated rings. The second-order valence-corrected chi connectivity index (χ2v) is 6.11. The van der Waals surface area contributed by atoms with E-state index in [9.17, 15) is 8.42 Å². The molecule has 1 aliphatic rings. The molecule has 1 saturated heterocycles. The number of piperidine rings is 1. The fraction of sp³-hybridized carbons (Fsp3) is 0.455. The predicted octanol–water partition coefficient (Wildman–Crippen LogP) is 0.479. The molecule has 1 aromatic heterocycles. The number of nitriles is 1. The van der Waals surface area contributed by atoms with Gasteiger partial charge in [-0.25, -0.2) is 13.4 Å². The average Bonchev–Trinajstić information content (AvgIpc) is 2.39. The first-order chi connectivity index (χ1) is 8.16. The average molecular weight is 251 g/mol. The third-order valence-electron chi connectivity index (χ3n) is 2.89. The fourth-order valence-corrected chi connectivity index (χ4v) is 3.77. The molecule has 0 saturated carbocycles. The molecule has 0 atom stereocenters. The molecule has 0 unspecified atom stereocenters.